The van der Waals surface area contributed by atoms with Crippen molar-refractivity contribution in [3.8, 4) is 0 Å². The molecule has 0 saturated carbocycles. The maximum Gasteiger partial charge on any atom is 0.309 e. The Bertz CT molecular complexity index is 902. The molecule has 1 saturated heterocycles. The van der Waals surface area contributed by atoms with Crippen molar-refractivity contribution >= 4 is 27.7 Å². The number of esters is 1. The molecule has 1 aromatic rings. The molecule has 29 heavy (non-hydrogen) atoms. The molecule has 3 rings (SSSR count). The van der Waals surface area contributed by atoms with Gasteiger partial charge in [-0.05, 0) is 37.3 Å². The van der Waals surface area contributed by atoms with Gasteiger partial charge in [0.05, 0.1) is 5.92 Å². The van der Waals surface area contributed by atoms with Gasteiger partial charge in [0, 0.05) is 25.2 Å². The predicted molar refractivity (Wildman–Crippen MR) is 108 cm³/mol. The van der Waals surface area contributed by atoms with E-state index in [1.54, 1.807) is 24.3 Å². The number of fused-ring (bicyclic) bond motifs is 1. The van der Waals surface area contributed by atoms with E-state index in [1.807, 2.05) is 4.90 Å². The Kier molecular flexibility index (Phi) is 6.56. The lowest BCUT2D eigenvalue weighted by molar-refractivity contribution is -0.153. The lowest BCUT2D eigenvalue weighted by atomic mass is 9.96. The monoisotopic (exact) mass is 421 g/mol. The number of benzene rings is 1. The summed E-state index contributed by atoms with van der Waals surface area (Å²) in [5.74, 6) is -0.0430. The number of carbonyl (C=O) groups is 2. The second-order valence-electron chi connectivity index (χ2n) is 7.79. The van der Waals surface area contributed by atoms with Gasteiger partial charge in [-0.1, -0.05) is 26.0 Å². The molecule has 0 aliphatic carbocycles. The first-order valence-corrected chi connectivity index (χ1v) is 11.3. The van der Waals surface area contributed by atoms with Gasteiger partial charge >= 0.3 is 5.97 Å². The highest BCUT2D eigenvalue weighted by atomic mass is 32.2. The minimum absolute atomic E-state index is 0.222. The predicted octanol–water partition coefficient (Wildman–Crippen LogP) is 1.55. The van der Waals surface area contributed by atoms with E-state index < -0.39 is 10.0 Å². The molecule has 2 aliphatic rings. The zero-order chi connectivity index (χ0) is 21.0. The van der Waals surface area contributed by atoms with E-state index in [9.17, 15) is 18.0 Å². The summed E-state index contributed by atoms with van der Waals surface area (Å²) in [7, 11) is -3.66. The third-order valence-electron chi connectivity index (χ3n) is 5.13. The van der Waals surface area contributed by atoms with Crippen molar-refractivity contribution in [1.82, 2.24) is 10.2 Å². The van der Waals surface area contributed by atoms with Gasteiger partial charge in [-0.25, -0.2) is 0 Å². The molecule has 0 radical (unpaired) electrons. The van der Waals surface area contributed by atoms with Crippen molar-refractivity contribution in [2.75, 3.05) is 26.2 Å². The Morgan fingerprint density at radius 3 is 2.62 bits per heavy atom. The van der Waals surface area contributed by atoms with Crippen LogP contribution in [-0.2, 0) is 24.3 Å². The maximum atomic E-state index is 12.3. The van der Waals surface area contributed by atoms with Crippen LogP contribution in [0.25, 0.3) is 0 Å². The number of rotatable bonds is 6. The second kappa shape index (κ2) is 8.94. The third-order valence-corrected chi connectivity index (χ3v) is 6.45. The smallest absolute Gasteiger partial charge is 0.309 e. The maximum absolute atomic E-state index is 12.3. The standard InChI is InChI=1S/C20H27N3O5S/c1-14(2)7-10-21-18(24)13-28-20(25)15-8-11-23(12-9-15)19-16-5-3-4-6-17(16)29(26,27)22-19/h3-6,14-15H,7-13H2,1-2H3,(H,21,24). The van der Waals surface area contributed by atoms with Crippen molar-refractivity contribution in [3.05, 3.63) is 29.8 Å². The van der Waals surface area contributed by atoms with Crippen LogP contribution in [0.5, 0.6) is 0 Å². The zero-order valence-electron chi connectivity index (χ0n) is 16.8. The highest BCUT2D eigenvalue weighted by molar-refractivity contribution is 7.90. The summed E-state index contributed by atoms with van der Waals surface area (Å²) < 4.78 is 33.5. The molecular formula is C20H27N3O5S. The number of ether oxygens (including phenoxy) is 1. The molecule has 1 N–H and O–H groups in total. The van der Waals surface area contributed by atoms with Gasteiger partial charge in [-0.3, -0.25) is 9.59 Å². The lowest BCUT2D eigenvalue weighted by Crippen LogP contribution is -2.41. The number of hydrogen-bond donors (Lipinski definition) is 1. The van der Waals surface area contributed by atoms with Crippen LogP contribution in [0.15, 0.2) is 33.6 Å². The van der Waals surface area contributed by atoms with Crippen molar-refractivity contribution in [1.29, 1.82) is 0 Å². The Morgan fingerprint density at radius 2 is 1.93 bits per heavy atom. The fourth-order valence-electron chi connectivity index (χ4n) is 3.45. The molecule has 1 aromatic carbocycles. The first-order valence-electron chi connectivity index (χ1n) is 9.90. The molecule has 0 spiro atoms. The average Bonchev–Trinajstić information content (AvgIpc) is 2.97. The number of amides is 1. The topological polar surface area (TPSA) is 105 Å². The van der Waals surface area contributed by atoms with Crippen LogP contribution in [0.1, 0.15) is 38.7 Å². The molecule has 1 fully saturated rings. The highest BCUT2D eigenvalue weighted by Gasteiger charge is 2.34. The van der Waals surface area contributed by atoms with Gasteiger partial charge < -0.3 is 15.0 Å². The minimum Gasteiger partial charge on any atom is -0.455 e. The molecule has 0 unspecified atom stereocenters. The number of nitrogens with zero attached hydrogens (tertiary/aromatic N) is 2. The summed E-state index contributed by atoms with van der Waals surface area (Å²) in [5, 5.41) is 2.74. The van der Waals surface area contributed by atoms with Gasteiger partial charge in [0.1, 0.15) is 4.90 Å². The normalized spacial score (nSPS) is 18.3. The largest absolute Gasteiger partial charge is 0.455 e. The van der Waals surface area contributed by atoms with Gasteiger partial charge in [0.15, 0.2) is 12.4 Å². The number of piperidine rings is 1. The van der Waals surface area contributed by atoms with E-state index >= 15 is 0 Å². The number of nitrogens with one attached hydrogen (secondary N) is 1. The van der Waals surface area contributed by atoms with Gasteiger partial charge in [0.25, 0.3) is 15.9 Å². The van der Waals surface area contributed by atoms with Crippen molar-refractivity contribution in [3.63, 3.8) is 0 Å². The molecule has 2 heterocycles. The first-order chi connectivity index (χ1) is 13.8. The van der Waals surface area contributed by atoms with E-state index in [2.05, 4.69) is 23.6 Å². The number of sulfonamides is 1. The quantitative estimate of drug-likeness (QED) is 0.699. The number of carbonyl (C=O) groups excluding carboxylic acids is 2. The summed E-state index contributed by atoms with van der Waals surface area (Å²) >= 11 is 0. The fourth-order valence-corrected chi connectivity index (χ4v) is 4.68. The molecule has 0 atom stereocenters. The molecule has 158 valence electrons. The van der Waals surface area contributed by atoms with E-state index in [0.29, 0.717) is 49.8 Å². The summed E-state index contributed by atoms with van der Waals surface area (Å²) in [6.45, 7) is 5.45. The van der Waals surface area contributed by atoms with Crippen LogP contribution >= 0.6 is 0 Å². The van der Waals surface area contributed by atoms with Crippen LogP contribution < -0.4 is 5.32 Å². The van der Waals surface area contributed by atoms with Crippen LogP contribution in [0.4, 0.5) is 0 Å². The molecule has 0 aromatic heterocycles. The van der Waals surface area contributed by atoms with Gasteiger partial charge in [0.2, 0.25) is 0 Å². The van der Waals surface area contributed by atoms with E-state index in [-0.39, 0.29) is 29.3 Å². The first kappa shape index (κ1) is 21.3. The van der Waals surface area contributed by atoms with Gasteiger partial charge in [-0.2, -0.15) is 8.42 Å². The van der Waals surface area contributed by atoms with Crippen LogP contribution in [-0.4, -0.2) is 57.3 Å². The SMILES string of the molecule is CC(C)CCNC(=O)COC(=O)C1CCN(C2=NS(=O)(=O)c3ccccc32)CC1. The Balaban J connectivity index is 1.49. The van der Waals surface area contributed by atoms with Crippen LogP contribution in [0.3, 0.4) is 0 Å². The zero-order valence-corrected chi connectivity index (χ0v) is 17.6. The highest BCUT2D eigenvalue weighted by Crippen LogP contribution is 2.29. The van der Waals surface area contributed by atoms with Crippen molar-refractivity contribution < 1.29 is 22.7 Å². The van der Waals surface area contributed by atoms with E-state index in [4.69, 9.17) is 4.74 Å². The van der Waals surface area contributed by atoms with E-state index in [0.717, 1.165) is 6.42 Å². The van der Waals surface area contributed by atoms with Crippen LogP contribution in [0.2, 0.25) is 0 Å². The lowest BCUT2D eigenvalue weighted by Gasteiger charge is -2.32. The Morgan fingerprint density at radius 1 is 1.24 bits per heavy atom. The molecule has 2 aliphatic heterocycles. The number of amidine groups is 1. The molecular weight excluding hydrogens is 394 g/mol. The molecule has 1 amide bonds. The number of likely N-dealkylation sites (tertiary alicyclic amines) is 1. The van der Waals surface area contributed by atoms with Crippen LogP contribution in [0, 0.1) is 11.8 Å². The van der Waals surface area contributed by atoms with E-state index in [1.165, 1.54) is 0 Å². The third kappa shape index (κ3) is 5.14. The summed E-state index contributed by atoms with van der Waals surface area (Å²) in [4.78, 5) is 26.1. The Hall–Kier alpha value is -2.42. The van der Waals surface area contributed by atoms with Gasteiger partial charge in [-0.15, -0.1) is 4.40 Å². The van der Waals surface area contributed by atoms with Crippen molar-refractivity contribution in [2.45, 2.75) is 38.0 Å². The van der Waals surface area contributed by atoms with Crippen molar-refractivity contribution in [2.24, 2.45) is 16.2 Å². The fraction of sp³-hybridized carbons (Fsp3) is 0.550. The summed E-state index contributed by atoms with van der Waals surface area (Å²) in [6.07, 6.45) is 1.92. The Labute approximate surface area is 171 Å². The number of hydrogen-bond acceptors (Lipinski definition) is 6. The molecule has 0 bridgehead atoms. The molecule has 8 nitrogen and oxygen atoms in total. The second-order valence-corrected chi connectivity index (χ2v) is 9.36. The molecule has 9 heteroatoms. The average molecular weight is 422 g/mol. The summed E-state index contributed by atoms with van der Waals surface area (Å²) in [6, 6.07) is 6.76. The summed E-state index contributed by atoms with van der Waals surface area (Å²) in [5.41, 5.74) is 0.603. The minimum atomic E-state index is -3.66.